The molecule has 2 aromatic rings. The lowest BCUT2D eigenvalue weighted by molar-refractivity contribution is -0.137. The second kappa shape index (κ2) is 7.22. The molecule has 1 heterocycles. The van der Waals surface area contributed by atoms with Crippen molar-refractivity contribution in [3.05, 3.63) is 57.3 Å². The molecular formula is C17H19NO3S. The minimum absolute atomic E-state index is 0.138. The third-order valence-corrected chi connectivity index (χ3v) is 4.83. The van der Waals surface area contributed by atoms with E-state index in [0.29, 0.717) is 4.88 Å². The van der Waals surface area contributed by atoms with Gasteiger partial charge in [0.25, 0.3) is 5.91 Å². The number of carboxylic acids is 1. The second-order valence-corrected chi connectivity index (χ2v) is 6.24. The molecule has 1 aromatic heterocycles. The normalized spacial score (nSPS) is 11.9. The smallest absolute Gasteiger partial charge is 0.305 e. The van der Waals surface area contributed by atoms with Crippen molar-refractivity contribution >= 4 is 23.2 Å². The van der Waals surface area contributed by atoms with Gasteiger partial charge in [-0.2, -0.15) is 0 Å². The van der Waals surface area contributed by atoms with Gasteiger partial charge in [-0.1, -0.05) is 37.3 Å². The molecule has 0 saturated carbocycles. The van der Waals surface area contributed by atoms with Crippen molar-refractivity contribution < 1.29 is 14.7 Å². The van der Waals surface area contributed by atoms with Gasteiger partial charge in [0.2, 0.25) is 0 Å². The van der Waals surface area contributed by atoms with E-state index in [0.717, 1.165) is 17.5 Å². The van der Waals surface area contributed by atoms with Crippen LogP contribution in [-0.2, 0) is 11.2 Å². The molecule has 0 bridgehead atoms. The van der Waals surface area contributed by atoms with Crippen LogP contribution in [0, 0.1) is 6.92 Å². The van der Waals surface area contributed by atoms with E-state index < -0.39 is 12.0 Å². The summed E-state index contributed by atoms with van der Waals surface area (Å²) in [6.07, 6.45) is 0.752. The Morgan fingerprint density at radius 1 is 1.27 bits per heavy atom. The van der Waals surface area contributed by atoms with E-state index in [4.69, 9.17) is 5.11 Å². The molecule has 1 unspecified atom stereocenters. The summed E-state index contributed by atoms with van der Waals surface area (Å²) in [7, 11) is 0. The van der Waals surface area contributed by atoms with Crippen LogP contribution in [0.1, 0.15) is 45.1 Å². The van der Waals surface area contributed by atoms with Crippen LogP contribution in [0.5, 0.6) is 0 Å². The van der Waals surface area contributed by atoms with Gasteiger partial charge in [-0.15, -0.1) is 11.3 Å². The zero-order chi connectivity index (χ0) is 16.1. The zero-order valence-corrected chi connectivity index (χ0v) is 13.4. The second-order valence-electron chi connectivity index (χ2n) is 5.10. The third kappa shape index (κ3) is 3.95. The third-order valence-electron chi connectivity index (χ3n) is 3.45. The number of hydrogen-bond donors (Lipinski definition) is 2. The average Bonchev–Trinajstić information content (AvgIpc) is 2.88. The minimum atomic E-state index is -0.939. The molecule has 1 atom stereocenters. The molecule has 0 fully saturated rings. The van der Waals surface area contributed by atoms with Crippen LogP contribution in [0.25, 0.3) is 0 Å². The number of carboxylic acid groups (broad SMARTS) is 1. The van der Waals surface area contributed by atoms with Gasteiger partial charge in [0.05, 0.1) is 17.3 Å². The fraction of sp³-hybridized carbons (Fsp3) is 0.294. The maximum Gasteiger partial charge on any atom is 0.305 e. The van der Waals surface area contributed by atoms with Gasteiger partial charge >= 0.3 is 5.97 Å². The average molecular weight is 317 g/mol. The van der Waals surface area contributed by atoms with Crippen LogP contribution >= 0.6 is 11.3 Å². The Kier molecular flexibility index (Phi) is 5.33. The summed E-state index contributed by atoms with van der Waals surface area (Å²) in [6.45, 7) is 4.04. The summed E-state index contributed by atoms with van der Waals surface area (Å²) >= 11 is 1.46. The largest absolute Gasteiger partial charge is 0.481 e. The monoisotopic (exact) mass is 317 g/mol. The molecule has 2 rings (SSSR count). The summed E-state index contributed by atoms with van der Waals surface area (Å²) in [5.41, 5.74) is 1.90. The Hall–Kier alpha value is -2.14. The topological polar surface area (TPSA) is 66.4 Å². The Morgan fingerprint density at radius 2 is 1.95 bits per heavy atom. The van der Waals surface area contributed by atoms with Crippen molar-refractivity contribution in [2.24, 2.45) is 0 Å². The van der Waals surface area contributed by atoms with Crippen LogP contribution in [-0.4, -0.2) is 17.0 Å². The molecule has 0 aliphatic carbocycles. The Balaban J connectivity index is 2.19. The summed E-state index contributed by atoms with van der Waals surface area (Å²) in [4.78, 5) is 25.3. The molecule has 2 N–H and O–H groups in total. The predicted octanol–water partition coefficient (Wildman–Crippen LogP) is 3.56. The number of carbonyl (C=O) groups is 2. The van der Waals surface area contributed by atoms with E-state index in [2.05, 4.69) is 12.2 Å². The number of amides is 1. The summed E-state index contributed by atoms with van der Waals surface area (Å²) in [6, 6.07) is 10.5. The van der Waals surface area contributed by atoms with Gasteiger partial charge in [0.15, 0.2) is 0 Å². The van der Waals surface area contributed by atoms with Crippen molar-refractivity contribution in [1.82, 2.24) is 5.32 Å². The van der Waals surface area contributed by atoms with Gasteiger partial charge in [-0.05, 0) is 30.5 Å². The Bertz CT molecular complexity index is 664. The molecule has 5 heteroatoms. The quantitative estimate of drug-likeness (QED) is 0.856. The molecule has 116 valence electrons. The van der Waals surface area contributed by atoms with Crippen LogP contribution in [0.2, 0.25) is 0 Å². The van der Waals surface area contributed by atoms with Crippen molar-refractivity contribution in [2.45, 2.75) is 32.7 Å². The van der Waals surface area contributed by atoms with Gasteiger partial charge in [0.1, 0.15) is 0 Å². The maximum absolute atomic E-state index is 12.4. The van der Waals surface area contributed by atoms with Crippen molar-refractivity contribution in [1.29, 1.82) is 0 Å². The lowest BCUT2D eigenvalue weighted by atomic mass is 10.0. The number of benzene rings is 1. The van der Waals surface area contributed by atoms with Gasteiger partial charge in [-0.3, -0.25) is 9.59 Å². The predicted molar refractivity (Wildman–Crippen MR) is 87.3 cm³/mol. The summed E-state index contributed by atoms with van der Waals surface area (Å²) in [5.74, 6) is -1.16. The van der Waals surface area contributed by atoms with E-state index in [9.17, 15) is 9.59 Å². The molecule has 0 aliphatic heterocycles. The van der Waals surface area contributed by atoms with Crippen molar-refractivity contribution in [3.63, 3.8) is 0 Å². The molecule has 1 amide bonds. The first-order valence-electron chi connectivity index (χ1n) is 7.18. The summed E-state index contributed by atoms with van der Waals surface area (Å²) < 4.78 is 0. The van der Waals surface area contributed by atoms with Crippen LogP contribution in [0.3, 0.4) is 0 Å². The number of aryl methyl sites for hydroxylation is 2. The minimum Gasteiger partial charge on any atom is -0.481 e. The number of hydrogen-bond acceptors (Lipinski definition) is 3. The molecule has 22 heavy (non-hydrogen) atoms. The highest BCUT2D eigenvalue weighted by Crippen LogP contribution is 2.24. The molecule has 1 aromatic carbocycles. The van der Waals surface area contributed by atoms with Crippen molar-refractivity contribution in [2.75, 3.05) is 0 Å². The van der Waals surface area contributed by atoms with Crippen molar-refractivity contribution in [3.8, 4) is 0 Å². The van der Waals surface area contributed by atoms with E-state index in [1.165, 1.54) is 16.2 Å². The molecule has 0 spiro atoms. The Morgan fingerprint density at radius 3 is 2.50 bits per heavy atom. The number of rotatable bonds is 6. The van der Waals surface area contributed by atoms with Gasteiger partial charge < -0.3 is 10.4 Å². The summed E-state index contributed by atoms with van der Waals surface area (Å²) in [5, 5.41) is 11.9. The maximum atomic E-state index is 12.4. The molecule has 0 aliphatic rings. The first-order valence-corrected chi connectivity index (χ1v) is 7.99. The van der Waals surface area contributed by atoms with Crippen LogP contribution in [0.4, 0.5) is 0 Å². The fourth-order valence-corrected chi connectivity index (χ4v) is 3.34. The lowest BCUT2D eigenvalue weighted by Crippen LogP contribution is -2.29. The number of thiophene rings is 1. The lowest BCUT2D eigenvalue weighted by Gasteiger charge is -2.16. The molecule has 0 saturated heterocycles. The first-order chi connectivity index (χ1) is 10.5. The fourth-order valence-electron chi connectivity index (χ4n) is 2.32. The standard InChI is InChI=1S/C17H19NO3S/c1-3-14-11(2)9-15(22-14)17(21)18-13(10-16(19)20)12-7-5-4-6-8-12/h4-9,13H,3,10H2,1-2H3,(H,18,21)(H,19,20). The number of carbonyl (C=O) groups excluding carboxylic acids is 1. The molecule has 0 radical (unpaired) electrons. The highest BCUT2D eigenvalue weighted by molar-refractivity contribution is 7.14. The van der Waals surface area contributed by atoms with Gasteiger partial charge in [0, 0.05) is 4.88 Å². The van der Waals surface area contributed by atoms with Gasteiger partial charge in [-0.25, -0.2) is 0 Å². The van der Waals surface area contributed by atoms with E-state index in [1.54, 1.807) is 0 Å². The van der Waals surface area contributed by atoms with E-state index in [1.807, 2.05) is 43.3 Å². The number of nitrogens with one attached hydrogen (secondary N) is 1. The van der Waals surface area contributed by atoms with Crippen LogP contribution in [0.15, 0.2) is 36.4 Å². The first kappa shape index (κ1) is 16.2. The highest BCUT2D eigenvalue weighted by atomic mass is 32.1. The van der Waals surface area contributed by atoms with E-state index >= 15 is 0 Å². The van der Waals surface area contributed by atoms with Crippen LogP contribution < -0.4 is 5.32 Å². The number of aliphatic carboxylic acids is 1. The molecule has 4 nitrogen and oxygen atoms in total. The Labute approximate surface area is 133 Å². The zero-order valence-electron chi connectivity index (χ0n) is 12.6. The molecular weight excluding hydrogens is 298 g/mol. The SMILES string of the molecule is CCc1sc(C(=O)NC(CC(=O)O)c2ccccc2)cc1C. The van der Waals surface area contributed by atoms with E-state index in [-0.39, 0.29) is 12.3 Å². The highest BCUT2D eigenvalue weighted by Gasteiger charge is 2.20.